The van der Waals surface area contributed by atoms with Crippen LogP contribution in [0.15, 0.2) is 24.3 Å². The van der Waals surface area contributed by atoms with Crippen LogP contribution in [0.25, 0.3) is 0 Å². The van der Waals surface area contributed by atoms with Crippen molar-refractivity contribution in [3.8, 4) is 0 Å². The molecule has 1 aliphatic rings. The van der Waals surface area contributed by atoms with E-state index < -0.39 is 0 Å². The Balaban J connectivity index is 1.82. The standard InChI is InChI=1S/C13H18FNO/c1-13(2)7-12(8-15-13)16-9-10-3-5-11(14)6-4-10/h3-6,12,15H,7-9H2,1-2H3. The molecule has 0 amide bonds. The van der Waals surface area contributed by atoms with E-state index >= 15 is 0 Å². The van der Waals surface area contributed by atoms with Gasteiger partial charge in [-0.25, -0.2) is 4.39 Å². The lowest BCUT2D eigenvalue weighted by molar-refractivity contribution is 0.0504. The molecule has 88 valence electrons. The fourth-order valence-corrected chi connectivity index (χ4v) is 2.02. The minimum atomic E-state index is -0.201. The first kappa shape index (κ1) is 11.6. The van der Waals surface area contributed by atoms with Gasteiger partial charge in [0.1, 0.15) is 5.82 Å². The summed E-state index contributed by atoms with van der Waals surface area (Å²) in [4.78, 5) is 0. The molecule has 1 saturated heterocycles. The Labute approximate surface area is 95.8 Å². The lowest BCUT2D eigenvalue weighted by Crippen LogP contribution is -2.31. The fourth-order valence-electron chi connectivity index (χ4n) is 2.02. The van der Waals surface area contributed by atoms with E-state index in [1.54, 1.807) is 12.1 Å². The summed E-state index contributed by atoms with van der Waals surface area (Å²) < 4.78 is 18.5. The summed E-state index contributed by atoms with van der Waals surface area (Å²) in [5.74, 6) is -0.201. The minimum Gasteiger partial charge on any atom is -0.372 e. The zero-order valence-electron chi connectivity index (χ0n) is 9.79. The number of hydrogen-bond donors (Lipinski definition) is 1. The summed E-state index contributed by atoms with van der Waals surface area (Å²) in [6, 6.07) is 6.47. The quantitative estimate of drug-likeness (QED) is 0.850. The van der Waals surface area contributed by atoms with Gasteiger partial charge in [-0.05, 0) is 38.0 Å². The summed E-state index contributed by atoms with van der Waals surface area (Å²) in [7, 11) is 0. The molecule has 1 heterocycles. The summed E-state index contributed by atoms with van der Waals surface area (Å²) in [5, 5.41) is 3.41. The van der Waals surface area contributed by atoms with Crippen molar-refractivity contribution in [2.75, 3.05) is 6.54 Å². The third-order valence-corrected chi connectivity index (χ3v) is 2.95. The van der Waals surface area contributed by atoms with Gasteiger partial charge in [-0.2, -0.15) is 0 Å². The lowest BCUT2D eigenvalue weighted by atomic mass is 10.0. The minimum absolute atomic E-state index is 0.174. The van der Waals surface area contributed by atoms with E-state index in [0.717, 1.165) is 18.5 Å². The molecule has 0 aromatic heterocycles. The summed E-state index contributed by atoms with van der Waals surface area (Å²) >= 11 is 0. The van der Waals surface area contributed by atoms with Crippen molar-refractivity contribution < 1.29 is 9.13 Å². The van der Waals surface area contributed by atoms with Gasteiger partial charge in [-0.15, -0.1) is 0 Å². The van der Waals surface area contributed by atoms with Crippen LogP contribution in [0.3, 0.4) is 0 Å². The van der Waals surface area contributed by atoms with E-state index in [-0.39, 0.29) is 17.5 Å². The summed E-state index contributed by atoms with van der Waals surface area (Å²) in [6.45, 7) is 5.80. The first-order valence-electron chi connectivity index (χ1n) is 5.66. The van der Waals surface area contributed by atoms with Gasteiger partial charge in [0.2, 0.25) is 0 Å². The number of ether oxygens (including phenoxy) is 1. The van der Waals surface area contributed by atoms with E-state index in [0.29, 0.717) is 6.61 Å². The largest absolute Gasteiger partial charge is 0.372 e. The predicted molar refractivity (Wildman–Crippen MR) is 61.7 cm³/mol. The van der Waals surface area contributed by atoms with Gasteiger partial charge < -0.3 is 10.1 Å². The number of rotatable bonds is 3. The van der Waals surface area contributed by atoms with Gasteiger partial charge in [-0.1, -0.05) is 12.1 Å². The average Bonchev–Trinajstić information content (AvgIpc) is 2.58. The molecule has 2 rings (SSSR count). The molecular formula is C13H18FNO. The molecule has 0 aliphatic carbocycles. The van der Waals surface area contributed by atoms with E-state index in [1.807, 2.05) is 0 Å². The molecule has 0 spiro atoms. The Bertz CT molecular complexity index is 347. The van der Waals surface area contributed by atoms with Crippen molar-refractivity contribution in [3.05, 3.63) is 35.6 Å². The van der Waals surface area contributed by atoms with E-state index in [9.17, 15) is 4.39 Å². The second-order valence-electron chi connectivity index (χ2n) is 5.03. The first-order chi connectivity index (χ1) is 7.55. The van der Waals surface area contributed by atoms with Gasteiger partial charge >= 0.3 is 0 Å². The van der Waals surface area contributed by atoms with E-state index in [1.165, 1.54) is 12.1 Å². The highest BCUT2D eigenvalue weighted by molar-refractivity contribution is 5.15. The molecule has 2 nitrogen and oxygen atoms in total. The van der Waals surface area contributed by atoms with Gasteiger partial charge in [0.05, 0.1) is 12.7 Å². The molecule has 3 heteroatoms. The van der Waals surface area contributed by atoms with Crippen molar-refractivity contribution in [3.63, 3.8) is 0 Å². The molecular weight excluding hydrogens is 205 g/mol. The van der Waals surface area contributed by atoms with Crippen LogP contribution in [0.1, 0.15) is 25.8 Å². The van der Waals surface area contributed by atoms with Gasteiger partial charge in [0, 0.05) is 12.1 Å². The van der Waals surface area contributed by atoms with Gasteiger partial charge in [0.15, 0.2) is 0 Å². The Morgan fingerprint density at radius 3 is 2.62 bits per heavy atom. The molecule has 1 aliphatic heterocycles. The predicted octanol–water partition coefficient (Wildman–Crippen LogP) is 2.48. The van der Waals surface area contributed by atoms with Crippen molar-refractivity contribution in [1.29, 1.82) is 0 Å². The molecule has 1 fully saturated rings. The van der Waals surface area contributed by atoms with Crippen LogP contribution in [-0.4, -0.2) is 18.2 Å². The van der Waals surface area contributed by atoms with Crippen LogP contribution >= 0.6 is 0 Å². The number of hydrogen-bond acceptors (Lipinski definition) is 2. The Morgan fingerprint density at radius 2 is 2.06 bits per heavy atom. The Hall–Kier alpha value is -0.930. The summed E-state index contributed by atoms with van der Waals surface area (Å²) in [5.41, 5.74) is 1.19. The SMILES string of the molecule is CC1(C)CC(OCc2ccc(F)cc2)CN1. The molecule has 1 aromatic carbocycles. The third-order valence-electron chi connectivity index (χ3n) is 2.95. The number of nitrogens with one attached hydrogen (secondary N) is 1. The molecule has 0 bridgehead atoms. The number of benzene rings is 1. The molecule has 0 saturated carbocycles. The molecule has 1 aromatic rings. The highest BCUT2D eigenvalue weighted by atomic mass is 19.1. The zero-order chi connectivity index (χ0) is 11.6. The van der Waals surface area contributed by atoms with Crippen LogP contribution in [0.4, 0.5) is 4.39 Å². The maximum atomic E-state index is 12.7. The van der Waals surface area contributed by atoms with Crippen molar-refractivity contribution in [2.24, 2.45) is 0 Å². The normalized spacial score (nSPS) is 23.6. The lowest BCUT2D eigenvalue weighted by Gasteiger charge is -2.17. The first-order valence-corrected chi connectivity index (χ1v) is 5.66. The highest BCUT2D eigenvalue weighted by Crippen LogP contribution is 2.21. The molecule has 1 atom stereocenters. The Kier molecular flexibility index (Phi) is 3.26. The van der Waals surface area contributed by atoms with Crippen LogP contribution in [-0.2, 0) is 11.3 Å². The van der Waals surface area contributed by atoms with Crippen LogP contribution in [0.5, 0.6) is 0 Å². The topological polar surface area (TPSA) is 21.3 Å². The van der Waals surface area contributed by atoms with E-state index in [2.05, 4.69) is 19.2 Å². The second kappa shape index (κ2) is 4.52. The Morgan fingerprint density at radius 1 is 1.38 bits per heavy atom. The van der Waals surface area contributed by atoms with Crippen molar-refractivity contribution >= 4 is 0 Å². The van der Waals surface area contributed by atoms with Crippen molar-refractivity contribution in [1.82, 2.24) is 5.32 Å². The van der Waals surface area contributed by atoms with E-state index in [4.69, 9.17) is 4.74 Å². The highest BCUT2D eigenvalue weighted by Gasteiger charge is 2.30. The van der Waals surface area contributed by atoms with Gasteiger partial charge in [0.25, 0.3) is 0 Å². The van der Waals surface area contributed by atoms with Crippen LogP contribution < -0.4 is 5.32 Å². The number of halogens is 1. The smallest absolute Gasteiger partial charge is 0.123 e. The molecule has 1 unspecified atom stereocenters. The monoisotopic (exact) mass is 223 g/mol. The summed E-state index contributed by atoms with van der Waals surface area (Å²) in [6.07, 6.45) is 1.29. The maximum absolute atomic E-state index is 12.7. The van der Waals surface area contributed by atoms with Crippen LogP contribution in [0, 0.1) is 5.82 Å². The zero-order valence-corrected chi connectivity index (χ0v) is 9.79. The molecule has 0 radical (unpaired) electrons. The second-order valence-corrected chi connectivity index (χ2v) is 5.03. The van der Waals surface area contributed by atoms with Crippen LogP contribution in [0.2, 0.25) is 0 Å². The average molecular weight is 223 g/mol. The molecule has 16 heavy (non-hydrogen) atoms. The third kappa shape index (κ3) is 3.03. The maximum Gasteiger partial charge on any atom is 0.123 e. The van der Waals surface area contributed by atoms with Gasteiger partial charge in [-0.3, -0.25) is 0 Å². The molecule has 1 N–H and O–H groups in total. The fraction of sp³-hybridized carbons (Fsp3) is 0.538. The van der Waals surface area contributed by atoms with Crippen molar-refractivity contribution in [2.45, 2.75) is 38.5 Å².